The molecule has 140 valence electrons. The molecule has 1 N–H and O–H groups in total. The summed E-state index contributed by atoms with van der Waals surface area (Å²) in [6.07, 6.45) is 3.41. The van der Waals surface area contributed by atoms with E-state index in [1.807, 2.05) is 43.3 Å². The van der Waals surface area contributed by atoms with E-state index in [0.29, 0.717) is 22.4 Å². The van der Waals surface area contributed by atoms with Crippen molar-refractivity contribution >= 4 is 29.1 Å². The van der Waals surface area contributed by atoms with Crippen molar-refractivity contribution in [2.75, 3.05) is 11.1 Å². The number of amides is 1. The van der Waals surface area contributed by atoms with E-state index in [0.717, 1.165) is 11.3 Å². The second-order valence-corrected chi connectivity index (χ2v) is 6.98. The van der Waals surface area contributed by atoms with Crippen LogP contribution < -0.4 is 10.1 Å². The van der Waals surface area contributed by atoms with Gasteiger partial charge in [0.1, 0.15) is 11.5 Å². The number of fused-ring (bicyclic) bond motifs is 1. The Labute approximate surface area is 165 Å². The average molecular weight is 391 g/mol. The number of rotatable bonds is 6. The summed E-state index contributed by atoms with van der Waals surface area (Å²) in [5.41, 5.74) is 1.83. The third-order valence-corrected chi connectivity index (χ3v) is 4.63. The molecule has 0 saturated carbocycles. The third-order valence-electron chi connectivity index (χ3n) is 3.79. The highest BCUT2D eigenvalue weighted by Crippen LogP contribution is 2.24. The van der Waals surface area contributed by atoms with Crippen LogP contribution >= 0.6 is 11.8 Å². The van der Waals surface area contributed by atoms with Gasteiger partial charge in [-0.1, -0.05) is 23.9 Å². The number of nitrogens with zero attached hydrogens (tertiary/aromatic N) is 4. The molecule has 0 fully saturated rings. The molecule has 2 heterocycles. The van der Waals surface area contributed by atoms with Gasteiger partial charge in [-0.15, -0.1) is 5.10 Å². The maximum atomic E-state index is 12.2. The van der Waals surface area contributed by atoms with Crippen LogP contribution in [0, 0.1) is 6.92 Å². The van der Waals surface area contributed by atoms with E-state index in [-0.39, 0.29) is 11.7 Å². The number of anilines is 1. The molecule has 4 rings (SSSR count). The first-order valence-electron chi connectivity index (χ1n) is 8.60. The van der Waals surface area contributed by atoms with Crippen LogP contribution in [0.15, 0.2) is 72.1 Å². The van der Waals surface area contributed by atoms with Crippen LogP contribution in [0.25, 0.3) is 5.78 Å². The Balaban J connectivity index is 1.31. The number of nitrogens with one attached hydrogen (secondary N) is 1. The fourth-order valence-electron chi connectivity index (χ4n) is 2.52. The van der Waals surface area contributed by atoms with E-state index in [9.17, 15) is 4.79 Å². The van der Waals surface area contributed by atoms with Crippen LogP contribution in [0.3, 0.4) is 0 Å². The first kappa shape index (κ1) is 18.0. The largest absolute Gasteiger partial charge is 0.457 e. The van der Waals surface area contributed by atoms with Crippen LogP contribution in [0.2, 0.25) is 0 Å². The third kappa shape index (κ3) is 4.47. The zero-order valence-electron chi connectivity index (χ0n) is 15.1. The molecule has 0 aliphatic rings. The summed E-state index contributed by atoms with van der Waals surface area (Å²) in [5, 5.41) is 7.62. The lowest BCUT2D eigenvalue weighted by molar-refractivity contribution is -0.113. The molecular formula is C20H17N5O2S. The zero-order chi connectivity index (χ0) is 19.3. The quantitative estimate of drug-likeness (QED) is 0.501. The first-order valence-corrected chi connectivity index (χ1v) is 9.59. The van der Waals surface area contributed by atoms with E-state index < -0.39 is 0 Å². The summed E-state index contributed by atoms with van der Waals surface area (Å²) in [5.74, 6) is 2.07. The lowest BCUT2D eigenvalue weighted by Crippen LogP contribution is -2.14. The molecule has 0 saturated heterocycles. The number of ether oxygens (including phenoxy) is 1. The second kappa shape index (κ2) is 8.10. The molecule has 0 spiro atoms. The van der Waals surface area contributed by atoms with Crippen molar-refractivity contribution < 1.29 is 9.53 Å². The minimum atomic E-state index is -0.135. The number of hydrogen-bond acceptors (Lipinski definition) is 6. The van der Waals surface area contributed by atoms with Gasteiger partial charge in [0.25, 0.3) is 5.78 Å². The molecule has 7 nitrogen and oxygen atoms in total. The molecule has 4 aromatic rings. The van der Waals surface area contributed by atoms with Gasteiger partial charge in [0.05, 0.1) is 5.75 Å². The number of hydrogen-bond donors (Lipinski definition) is 1. The fraction of sp³-hybridized carbons (Fsp3) is 0.100. The molecule has 28 heavy (non-hydrogen) atoms. The van der Waals surface area contributed by atoms with Gasteiger partial charge in [0.2, 0.25) is 11.1 Å². The average Bonchev–Trinajstić information content (AvgIpc) is 3.11. The molecule has 0 unspecified atom stereocenters. The highest BCUT2D eigenvalue weighted by Gasteiger charge is 2.09. The summed E-state index contributed by atoms with van der Waals surface area (Å²) < 4.78 is 7.39. The van der Waals surface area contributed by atoms with Gasteiger partial charge in [-0.3, -0.25) is 4.79 Å². The summed E-state index contributed by atoms with van der Waals surface area (Å²) in [4.78, 5) is 20.5. The van der Waals surface area contributed by atoms with Gasteiger partial charge in [0, 0.05) is 18.1 Å². The summed E-state index contributed by atoms with van der Waals surface area (Å²) >= 11 is 1.26. The van der Waals surface area contributed by atoms with Gasteiger partial charge in [-0.2, -0.15) is 4.98 Å². The first-order chi connectivity index (χ1) is 13.7. The van der Waals surface area contributed by atoms with E-state index >= 15 is 0 Å². The zero-order valence-corrected chi connectivity index (χ0v) is 15.9. The number of aromatic nitrogens is 4. The molecule has 0 bridgehead atoms. The number of carbonyl (C=O) groups is 1. The van der Waals surface area contributed by atoms with Crippen molar-refractivity contribution in [3.8, 4) is 11.5 Å². The van der Waals surface area contributed by atoms with Crippen LogP contribution in [-0.2, 0) is 4.79 Å². The van der Waals surface area contributed by atoms with Crippen LogP contribution in [0.5, 0.6) is 11.5 Å². The van der Waals surface area contributed by atoms with Crippen molar-refractivity contribution in [3.05, 3.63) is 72.6 Å². The molecule has 2 aromatic heterocycles. The number of carbonyl (C=O) groups excluding carboxylic acids is 1. The Bertz CT molecular complexity index is 1080. The van der Waals surface area contributed by atoms with E-state index in [2.05, 4.69) is 20.4 Å². The maximum Gasteiger partial charge on any atom is 0.253 e. The lowest BCUT2D eigenvalue weighted by atomic mass is 10.2. The van der Waals surface area contributed by atoms with E-state index in [4.69, 9.17) is 4.74 Å². The minimum absolute atomic E-state index is 0.135. The topological polar surface area (TPSA) is 81.4 Å². The van der Waals surface area contributed by atoms with Gasteiger partial charge >= 0.3 is 0 Å². The van der Waals surface area contributed by atoms with Crippen LogP contribution in [0.1, 0.15) is 5.56 Å². The highest BCUT2D eigenvalue weighted by atomic mass is 32.2. The monoisotopic (exact) mass is 391 g/mol. The lowest BCUT2D eigenvalue weighted by Gasteiger charge is -2.08. The van der Waals surface area contributed by atoms with Gasteiger partial charge in [-0.05, 0) is 55.0 Å². The molecule has 0 aliphatic heterocycles. The second-order valence-electron chi connectivity index (χ2n) is 6.04. The molecule has 0 radical (unpaired) electrons. The predicted octanol–water partition coefficient (Wildman–Crippen LogP) is 3.96. The highest BCUT2D eigenvalue weighted by molar-refractivity contribution is 7.99. The normalized spacial score (nSPS) is 10.8. The van der Waals surface area contributed by atoms with Gasteiger partial charge in [0.15, 0.2) is 0 Å². The number of thioether (sulfide) groups is 1. The number of aryl methyl sites for hydroxylation is 1. The smallest absolute Gasteiger partial charge is 0.253 e. The summed E-state index contributed by atoms with van der Waals surface area (Å²) in [7, 11) is 0. The molecule has 2 aromatic carbocycles. The maximum absolute atomic E-state index is 12.2. The summed E-state index contributed by atoms with van der Waals surface area (Å²) in [6.45, 7) is 2.02. The van der Waals surface area contributed by atoms with Crippen LogP contribution in [0.4, 0.5) is 5.69 Å². The molecule has 1 amide bonds. The molecule has 0 atom stereocenters. The van der Waals surface area contributed by atoms with Gasteiger partial charge < -0.3 is 10.1 Å². The number of benzene rings is 2. The van der Waals surface area contributed by atoms with Crippen molar-refractivity contribution in [2.45, 2.75) is 12.1 Å². The van der Waals surface area contributed by atoms with Crippen LogP contribution in [-0.4, -0.2) is 31.2 Å². The Morgan fingerprint density at radius 2 is 2.00 bits per heavy atom. The SMILES string of the molecule is Cc1cccc(Oc2ccc(NC(=O)CSc3nc4ncccn4n3)cc2)c1. The predicted molar refractivity (Wildman–Crippen MR) is 108 cm³/mol. The molecule has 8 heteroatoms. The Morgan fingerprint density at radius 3 is 2.79 bits per heavy atom. The van der Waals surface area contributed by atoms with Crippen molar-refractivity contribution in [1.82, 2.24) is 19.6 Å². The van der Waals surface area contributed by atoms with E-state index in [1.165, 1.54) is 11.8 Å². The Kier molecular flexibility index (Phi) is 5.20. The standard InChI is InChI=1S/C20H17N5O2S/c1-14-4-2-5-17(12-14)27-16-8-6-15(7-9-16)22-18(26)13-28-20-23-19-21-10-3-11-25(19)24-20/h2-12H,13H2,1H3,(H,22,26). The van der Waals surface area contributed by atoms with Crippen molar-refractivity contribution in [1.29, 1.82) is 0 Å². The van der Waals surface area contributed by atoms with Gasteiger partial charge in [-0.25, -0.2) is 9.50 Å². The Morgan fingerprint density at radius 1 is 1.14 bits per heavy atom. The minimum Gasteiger partial charge on any atom is -0.457 e. The fourth-order valence-corrected chi connectivity index (χ4v) is 3.15. The van der Waals surface area contributed by atoms with Crippen molar-refractivity contribution in [2.24, 2.45) is 0 Å². The molecule has 0 aliphatic carbocycles. The molecular weight excluding hydrogens is 374 g/mol. The summed E-state index contributed by atoms with van der Waals surface area (Å²) in [6, 6.07) is 16.9. The Hall–Kier alpha value is -3.39. The van der Waals surface area contributed by atoms with Crippen molar-refractivity contribution in [3.63, 3.8) is 0 Å². The van der Waals surface area contributed by atoms with E-state index in [1.54, 1.807) is 35.1 Å².